The molecule has 3 nitrogen and oxygen atoms in total. The maximum absolute atomic E-state index is 4.22. The summed E-state index contributed by atoms with van der Waals surface area (Å²) in [5, 5.41) is 7.33. The summed E-state index contributed by atoms with van der Waals surface area (Å²) >= 11 is 0. The summed E-state index contributed by atoms with van der Waals surface area (Å²) in [6.45, 7) is 12.2. The molecule has 1 aromatic rings. The van der Waals surface area contributed by atoms with Gasteiger partial charge in [0, 0.05) is 25.2 Å². The van der Waals surface area contributed by atoms with Crippen molar-refractivity contribution in [3.63, 3.8) is 0 Å². The van der Waals surface area contributed by atoms with Crippen LogP contribution in [0.4, 0.5) is 0 Å². The molecule has 0 amide bonds. The van der Waals surface area contributed by atoms with Crippen LogP contribution in [0.15, 0.2) is 0 Å². The molecule has 3 heteroatoms. The largest absolute Gasteiger partial charge is 0.293 e. The van der Waals surface area contributed by atoms with Crippen LogP contribution in [0.3, 0.4) is 0 Å². The van der Waals surface area contributed by atoms with E-state index in [1.165, 1.54) is 11.3 Å². The number of rotatable bonds is 1. The predicted octanol–water partition coefficient (Wildman–Crippen LogP) is 2.08. The van der Waals surface area contributed by atoms with Gasteiger partial charge in [-0.05, 0) is 12.3 Å². The van der Waals surface area contributed by atoms with Crippen molar-refractivity contribution in [1.82, 2.24) is 15.1 Å². The molecule has 1 aliphatic rings. The Hall–Kier alpha value is -0.830. The average Bonchev–Trinajstić information content (AvgIpc) is 2.51. The molecule has 0 aromatic carbocycles. The molecule has 0 unspecified atom stereocenters. The Morgan fingerprint density at radius 1 is 1.36 bits per heavy atom. The summed E-state index contributed by atoms with van der Waals surface area (Å²) < 4.78 is 0. The molecule has 1 aromatic heterocycles. The zero-order chi connectivity index (χ0) is 10.3. The average molecular weight is 193 g/mol. The maximum Gasteiger partial charge on any atom is 0.0639 e. The highest BCUT2D eigenvalue weighted by molar-refractivity contribution is 5.27. The number of nitrogens with zero attached hydrogens (tertiary/aromatic N) is 2. The fourth-order valence-electron chi connectivity index (χ4n) is 2.13. The Bertz CT molecular complexity index is 333. The third-order valence-corrected chi connectivity index (χ3v) is 2.62. The number of hydrogen-bond acceptors (Lipinski definition) is 2. The molecule has 0 radical (unpaired) electrons. The number of H-pyrrole nitrogens is 1. The summed E-state index contributed by atoms with van der Waals surface area (Å²) in [7, 11) is 0. The fraction of sp³-hybridized carbons (Fsp3) is 0.727. The summed E-state index contributed by atoms with van der Waals surface area (Å²) in [6, 6.07) is 0. The molecule has 0 atom stereocenters. The lowest BCUT2D eigenvalue weighted by Crippen LogP contribution is -2.28. The van der Waals surface area contributed by atoms with E-state index in [0.29, 0.717) is 5.41 Å². The van der Waals surface area contributed by atoms with E-state index in [9.17, 15) is 0 Å². The molecule has 0 bridgehead atoms. The van der Waals surface area contributed by atoms with E-state index in [4.69, 9.17) is 0 Å². The predicted molar refractivity (Wildman–Crippen MR) is 56.9 cm³/mol. The fourth-order valence-corrected chi connectivity index (χ4v) is 2.13. The van der Waals surface area contributed by atoms with Crippen molar-refractivity contribution in [2.75, 3.05) is 6.54 Å². The van der Waals surface area contributed by atoms with E-state index >= 15 is 0 Å². The molecule has 2 rings (SSSR count). The van der Waals surface area contributed by atoms with Crippen LogP contribution in [0.2, 0.25) is 0 Å². The molecule has 0 spiro atoms. The molecule has 0 fully saturated rings. The van der Waals surface area contributed by atoms with Crippen LogP contribution in [-0.2, 0) is 13.1 Å². The van der Waals surface area contributed by atoms with E-state index < -0.39 is 0 Å². The highest BCUT2D eigenvalue weighted by Crippen LogP contribution is 2.26. The van der Waals surface area contributed by atoms with Gasteiger partial charge < -0.3 is 0 Å². The summed E-state index contributed by atoms with van der Waals surface area (Å²) in [5.74, 6) is 0. The first-order valence-corrected chi connectivity index (χ1v) is 5.21. The van der Waals surface area contributed by atoms with Gasteiger partial charge in [-0.1, -0.05) is 20.8 Å². The molecular weight excluding hydrogens is 174 g/mol. The van der Waals surface area contributed by atoms with Gasteiger partial charge >= 0.3 is 0 Å². The second-order valence-electron chi connectivity index (χ2n) is 5.47. The normalized spacial score (nSPS) is 17.4. The number of aromatic nitrogens is 2. The molecule has 2 heterocycles. The lowest BCUT2D eigenvalue weighted by Gasteiger charge is -2.25. The van der Waals surface area contributed by atoms with E-state index in [-0.39, 0.29) is 0 Å². The Morgan fingerprint density at radius 3 is 2.64 bits per heavy atom. The van der Waals surface area contributed by atoms with Crippen molar-refractivity contribution >= 4 is 0 Å². The van der Waals surface area contributed by atoms with Crippen molar-refractivity contribution in [2.24, 2.45) is 5.41 Å². The highest BCUT2D eigenvalue weighted by atomic mass is 15.2. The van der Waals surface area contributed by atoms with Crippen LogP contribution in [0.1, 0.15) is 37.7 Å². The molecule has 0 saturated carbocycles. The van der Waals surface area contributed by atoms with E-state index in [1.807, 2.05) is 0 Å². The quantitative estimate of drug-likeness (QED) is 0.740. The van der Waals surface area contributed by atoms with Gasteiger partial charge in [0.2, 0.25) is 0 Å². The van der Waals surface area contributed by atoms with Crippen LogP contribution in [-0.4, -0.2) is 21.6 Å². The summed E-state index contributed by atoms with van der Waals surface area (Å²) in [5.41, 5.74) is 4.27. The van der Waals surface area contributed by atoms with Crippen molar-refractivity contribution in [2.45, 2.75) is 40.8 Å². The second-order valence-corrected chi connectivity index (χ2v) is 5.47. The molecule has 1 aliphatic heterocycles. The van der Waals surface area contributed by atoms with E-state index in [0.717, 1.165) is 25.3 Å². The van der Waals surface area contributed by atoms with Gasteiger partial charge in [0.05, 0.1) is 11.4 Å². The summed E-state index contributed by atoms with van der Waals surface area (Å²) in [6.07, 6.45) is 0. The summed E-state index contributed by atoms with van der Waals surface area (Å²) in [4.78, 5) is 2.48. The molecular formula is C11H19N3. The van der Waals surface area contributed by atoms with Crippen molar-refractivity contribution in [1.29, 1.82) is 0 Å². The lowest BCUT2D eigenvalue weighted by atomic mass is 9.96. The Balaban J connectivity index is 2.05. The Kier molecular flexibility index (Phi) is 2.14. The van der Waals surface area contributed by atoms with E-state index in [1.54, 1.807) is 0 Å². The van der Waals surface area contributed by atoms with Gasteiger partial charge in [-0.3, -0.25) is 10.00 Å². The monoisotopic (exact) mass is 193 g/mol. The van der Waals surface area contributed by atoms with Gasteiger partial charge in [-0.15, -0.1) is 0 Å². The highest BCUT2D eigenvalue weighted by Gasteiger charge is 2.26. The van der Waals surface area contributed by atoms with Crippen LogP contribution in [0, 0.1) is 12.3 Å². The molecule has 1 N–H and O–H groups in total. The van der Waals surface area contributed by atoms with Crippen molar-refractivity contribution in [3.8, 4) is 0 Å². The smallest absolute Gasteiger partial charge is 0.0639 e. The first kappa shape index (κ1) is 9.71. The number of fused-ring (bicyclic) bond motifs is 1. The van der Waals surface area contributed by atoms with Gasteiger partial charge in [-0.25, -0.2) is 0 Å². The van der Waals surface area contributed by atoms with Crippen LogP contribution in [0.25, 0.3) is 0 Å². The van der Waals surface area contributed by atoms with Gasteiger partial charge in [-0.2, -0.15) is 5.10 Å². The number of nitrogens with one attached hydrogen (secondary N) is 1. The molecule has 0 saturated heterocycles. The van der Waals surface area contributed by atoms with Gasteiger partial charge in [0.15, 0.2) is 0 Å². The first-order chi connectivity index (χ1) is 6.46. The van der Waals surface area contributed by atoms with Crippen molar-refractivity contribution < 1.29 is 0 Å². The number of aromatic amines is 1. The third kappa shape index (κ3) is 1.82. The van der Waals surface area contributed by atoms with Crippen molar-refractivity contribution in [3.05, 3.63) is 17.0 Å². The van der Waals surface area contributed by atoms with Crippen LogP contribution in [0.5, 0.6) is 0 Å². The zero-order valence-corrected chi connectivity index (χ0v) is 9.52. The van der Waals surface area contributed by atoms with Crippen LogP contribution < -0.4 is 0 Å². The third-order valence-electron chi connectivity index (χ3n) is 2.62. The Morgan fingerprint density at radius 2 is 2.07 bits per heavy atom. The topological polar surface area (TPSA) is 31.9 Å². The minimum Gasteiger partial charge on any atom is -0.293 e. The van der Waals surface area contributed by atoms with Gasteiger partial charge in [0.1, 0.15) is 0 Å². The zero-order valence-electron chi connectivity index (χ0n) is 9.52. The minimum absolute atomic E-state index is 0.380. The number of aryl methyl sites for hydroxylation is 1. The number of hydrogen-bond donors (Lipinski definition) is 1. The van der Waals surface area contributed by atoms with Crippen LogP contribution >= 0.6 is 0 Å². The Labute approximate surface area is 85.5 Å². The standard InChI is InChI=1S/C11H19N3/c1-8-9-5-14(7-11(2,3)4)6-10(9)13-12-8/h5-7H2,1-4H3,(H,12,13). The molecule has 0 aliphatic carbocycles. The lowest BCUT2D eigenvalue weighted by molar-refractivity contribution is 0.191. The minimum atomic E-state index is 0.380. The SMILES string of the molecule is Cc1n[nH]c2c1CN(CC(C)(C)C)C2. The second kappa shape index (κ2) is 3.09. The maximum atomic E-state index is 4.22. The van der Waals surface area contributed by atoms with E-state index in [2.05, 4.69) is 42.8 Å². The first-order valence-electron chi connectivity index (χ1n) is 5.21. The molecule has 14 heavy (non-hydrogen) atoms. The molecule has 78 valence electrons. The van der Waals surface area contributed by atoms with Gasteiger partial charge in [0.25, 0.3) is 0 Å².